The van der Waals surface area contributed by atoms with Gasteiger partial charge in [-0.05, 0) is 22.3 Å². The Morgan fingerprint density at radius 2 is 1.69 bits per heavy atom. The Hall–Kier alpha value is -4.18. The van der Waals surface area contributed by atoms with Crippen LogP contribution in [-0.4, -0.2) is 59.2 Å². The summed E-state index contributed by atoms with van der Waals surface area (Å²) >= 11 is 0. The number of fused-ring (bicyclic) bond motifs is 3. The minimum atomic E-state index is -1.33. The van der Waals surface area contributed by atoms with E-state index in [4.69, 9.17) is 9.47 Å². The largest absolute Gasteiger partial charge is 0.479 e. The van der Waals surface area contributed by atoms with Gasteiger partial charge < -0.3 is 25.2 Å². The lowest BCUT2D eigenvalue weighted by atomic mass is 9.98. The van der Waals surface area contributed by atoms with E-state index in [0.717, 1.165) is 22.3 Å². The normalized spacial score (nSPS) is 13.9. The van der Waals surface area contributed by atoms with Gasteiger partial charge in [0.1, 0.15) is 12.6 Å². The number of amides is 2. The first-order valence-corrected chi connectivity index (χ1v) is 11.0. The number of hydrogen-bond acceptors (Lipinski definition) is 6. The highest BCUT2D eigenvalue weighted by Crippen LogP contribution is 2.44. The molecule has 0 aliphatic heterocycles. The minimum absolute atomic E-state index is 0.0780. The van der Waals surface area contributed by atoms with Crippen molar-refractivity contribution < 1.29 is 29.0 Å². The van der Waals surface area contributed by atoms with Crippen molar-refractivity contribution in [3.63, 3.8) is 0 Å². The second kappa shape index (κ2) is 10.4. The molecule has 2 unspecified atom stereocenters. The van der Waals surface area contributed by atoms with E-state index in [2.05, 4.69) is 15.7 Å². The molecule has 182 valence electrons. The molecule has 1 aliphatic rings. The van der Waals surface area contributed by atoms with Gasteiger partial charge in [-0.3, -0.25) is 9.48 Å². The van der Waals surface area contributed by atoms with Gasteiger partial charge in [0.15, 0.2) is 6.04 Å². The average molecular weight is 479 g/mol. The highest BCUT2D eigenvalue weighted by molar-refractivity contribution is 5.90. The number of alkyl carbamates (subject to hydrolysis) is 1. The molecule has 0 fully saturated rings. The summed E-state index contributed by atoms with van der Waals surface area (Å²) in [6.07, 6.45) is 2.03. The van der Waals surface area contributed by atoms with Gasteiger partial charge in [-0.2, -0.15) is 5.10 Å². The summed E-state index contributed by atoms with van der Waals surface area (Å²) in [4.78, 5) is 37.1. The van der Waals surface area contributed by atoms with E-state index < -0.39 is 30.1 Å². The molecule has 35 heavy (non-hydrogen) atoms. The van der Waals surface area contributed by atoms with E-state index in [1.807, 2.05) is 48.5 Å². The molecule has 3 N–H and O–H groups in total. The van der Waals surface area contributed by atoms with E-state index in [1.54, 1.807) is 7.05 Å². The topological polar surface area (TPSA) is 132 Å². The molecule has 2 atom stereocenters. The Morgan fingerprint density at radius 1 is 1.06 bits per heavy atom. The number of nitrogens with one attached hydrogen (secondary N) is 2. The molecule has 10 heteroatoms. The smallest absolute Gasteiger partial charge is 0.407 e. The molecule has 0 saturated heterocycles. The number of aryl methyl sites for hydroxylation is 1. The third-order valence-corrected chi connectivity index (χ3v) is 5.88. The van der Waals surface area contributed by atoms with Gasteiger partial charge in [-0.15, -0.1) is 0 Å². The lowest BCUT2D eigenvalue weighted by molar-refractivity contribution is -0.142. The fraction of sp³-hybridized carbons (Fsp3) is 0.280. The zero-order valence-electron chi connectivity index (χ0n) is 19.3. The summed E-state index contributed by atoms with van der Waals surface area (Å²) in [6, 6.07) is 13.4. The number of nitrogens with zero attached hydrogens (tertiary/aromatic N) is 2. The van der Waals surface area contributed by atoms with Crippen molar-refractivity contribution in [1.82, 2.24) is 20.4 Å². The minimum Gasteiger partial charge on any atom is -0.479 e. The fourth-order valence-electron chi connectivity index (χ4n) is 4.25. The lowest BCUT2D eigenvalue weighted by Crippen LogP contribution is -2.51. The number of aromatic nitrogens is 2. The number of benzene rings is 2. The molecule has 1 aliphatic carbocycles. The van der Waals surface area contributed by atoms with Crippen LogP contribution in [0, 0.1) is 0 Å². The number of carbonyl (C=O) groups excluding carboxylic acids is 2. The predicted octanol–water partition coefficient (Wildman–Crippen LogP) is 2.22. The van der Waals surface area contributed by atoms with Gasteiger partial charge in [0.05, 0.1) is 12.8 Å². The van der Waals surface area contributed by atoms with Gasteiger partial charge >= 0.3 is 12.1 Å². The van der Waals surface area contributed by atoms with Crippen molar-refractivity contribution >= 4 is 18.0 Å². The molecule has 0 bridgehead atoms. The molecule has 0 saturated carbocycles. The molecule has 1 aromatic heterocycles. The number of hydrogen-bond donors (Lipinski definition) is 3. The summed E-state index contributed by atoms with van der Waals surface area (Å²) in [5.41, 5.74) is 4.63. The number of carbonyl (C=O) groups is 3. The van der Waals surface area contributed by atoms with Gasteiger partial charge in [0, 0.05) is 31.8 Å². The summed E-state index contributed by atoms with van der Waals surface area (Å²) in [6.45, 7) is -0.0932. The molecule has 4 rings (SSSR count). The number of methoxy groups -OCH3 is 1. The third kappa shape index (κ3) is 5.17. The molecule has 2 amide bonds. The van der Waals surface area contributed by atoms with Crippen LogP contribution in [0.15, 0.2) is 60.9 Å². The highest BCUT2D eigenvalue weighted by Gasteiger charge is 2.31. The van der Waals surface area contributed by atoms with E-state index in [-0.39, 0.29) is 19.1 Å². The number of ether oxygens (including phenoxy) is 2. The number of carboxylic acid groups (broad SMARTS) is 1. The van der Waals surface area contributed by atoms with Crippen molar-refractivity contribution in [3.8, 4) is 11.1 Å². The zero-order valence-corrected chi connectivity index (χ0v) is 19.3. The van der Waals surface area contributed by atoms with Crippen LogP contribution in [0.3, 0.4) is 0 Å². The van der Waals surface area contributed by atoms with Crippen molar-refractivity contribution in [2.75, 3.05) is 20.3 Å². The Morgan fingerprint density at radius 3 is 2.23 bits per heavy atom. The van der Waals surface area contributed by atoms with Gasteiger partial charge in [-0.25, -0.2) is 9.59 Å². The molecule has 0 spiro atoms. The average Bonchev–Trinajstić information content (AvgIpc) is 3.41. The van der Waals surface area contributed by atoms with Crippen molar-refractivity contribution in [2.24, 2.45) is 7.05 Å². The van der Waals surface area contributed by atoms with Gasteiger partial charge in [0.25, 0.3) is 0 Å². The Bertz CT molecular complexity index is 1190. The standard InChI is InChI=1S/C25H26N4O6/c1-29-12-15(11-26-29)22(24(31)32)28-23(30)21(14-34-2)27-25(33)35-13-20-18-9-5-3-7-16(18)17-8-4-6-10-19(17)20/h3-12,20-22H,13-14H2,1-2H3,(H,27,33)(H,28,30)(H,31,32). The Kier molecular flexibility index (Phi) is 7.11. The van der Waals surface area contributed by atoms with Crippen LogP contribution in [0.4, 0.5) is 4.79 Å². The lowest BCUT2D eigenvalue weighted by Gasteiger charge is -2.21. The Balaban J connectivity index is 1.41. The highest BCUT2D eigenvalue weighted by atomic mass is 16.5. The maximum Gasteiger partial charge on any atom is 0.407 e. The van der Waals surface area contributed by atoms with Gasteiger partial charge in [0.2, 0.25) is 5.91 Å². The molecule has 0 radical (unpaired) electrons. The quantitative estimate of drug-likeness (QED) is 0.430. The molecular formula is C25H26N4O6. The van der Waals surface area contributed by atoms with Crippen LogP contribution in [0.5, 0.6) is 0 Å². The van der Waals surface area contributed by atoms with Crippen molar-refractivity contribution in [3.05, 3.63) is 77.6 Å². The van der Waals surface area contributed by atoms with Crippen LogP contribution in [0.25, 0.3) is 11.1 Å². The third-order valence-electron chi connectivity index (χ3n) is 5.88. The van der Waals surface area contributed by atoms with Gasteiger partial charge in [-0.1, -0.05) is 48.5 Å². The molecule has 2 aromatic carbocycles. The number of carboxylic acids is 1. The first kappa shape index (κ1) is 24.0. The molecule has 10 nitrogen and oxygen atoms in total. The zero-order chi connectivity index (χ0) is 24.9. The van der Waals surface area contributed by atoms with Crippen molar-refractivity contribution in [1.29, 1.82) is 0 Å². The second-order valence-electron chi connectivity index (χ2n) is 8.20. The first-order chi connectivity index (χ1) is 16.9. The summed E-state index contributed by atoms with van der Waals surface area (Å²) in [5, 5.41) is 18.4. The SMILES string of the molecule is COCC(NC(=O)OCC1c2ccccc2-c2ccccc21)C(=O)NC(C(=O)O)c1cnn(C)c1. The molecular weight excluding hydrogens is 452 g/mol. The molecule has 1 heterocycles. The van der Waals surface area contributed by atoms with E-state index in [1.165, 1.54) is 24.2 Å². The number of rotatable bonds is 9. The Labute approximate surface area is 201 Å². The summed E-state index contributed by atoms with van der Waals surface area (Å²) in [5.74, 6) is -2.12. The summed E-state index contributed by atoms with van der Waals surface area (Å²) in [7, 11) is 3.01. The molecule has 3 aromatic rings. The van der Waals surface area contributed by atoms with Crippen LogP contribution < -0.4 is 10.6 Å². The second-order valence-corrected chi connectivity index (χ2v) is 8.20. The van der Waals surface area contributed by atoms with E-state index in [0.29, 0.717) is 5.56 Å². The number of aliphatic carboxylic acids is 1. The van der Waals surface area contributed by atoms with E-state index >= 15 is 0 Å². The van der Waals surface area contributed by atoms with Crippen LogP contribution in [0.2, 0.25) is 0 Å². The van der Waals surface area contributed by atoms with Crippen LogP contribution in [0.1, 0.15) is 28.7 Å². The van der Waals surface area contributed by atoms with Crippen LogP contribution in [-0.2, 0) is 26.1 Å². The van der Waals surface area contributed by atoms with Crippen LogP contribution >= 0.6 is 0 Å². The summed E-state index contributed by atoms with van der Waals surface area (Å²) < 4.78 is 12.0. The monoisotopic (exact) mass is 478 g/mol. The van der Waals surface area contributed by atoms with E-state index in [9.17, 15) is 19.5 Å². The van der Waals surface area contributed by atoms with Crippen molar-refractivity contribution in [2.45, 2.75) is 18.0 Å². The maximum atomic E-state index is 12.8. The predicted molar refractivity (Wildman–Crippen MR) is 126 cm³/mol. The fourth-order valence-corrected chi connectivity index (χ4v) is 4.25. The maximum absolute atomic E-state index is 12.8. The first-order valence-electron chi connectivity index (χ1n) is 11.0.